The van der Waals surface area contributed by atoms with Crippen LogP contribution in [0.3, 0.4) is 0 Å². The Morgan fingerprint density at radius 2 is 1.92 bits per heavy atom. The van der Waals surface area contributed by atoms with E-state index in [9.17, 15) is 4.79 Å². The molecular weight excluding hydrogens is 320 g/mol. The van der Waals surface area contributed by atoms with Crippen LogP contribution in [0.25, 0.3) is 11.3 Å². The number of pyridine rings is 1. The lowest BCUT2D eigenvalue weighted by Crippen LogP contribution is -2.29. The summed E-state index contributed by atoms with van der Waals surface area (Å²) < 4.78 is 0. The summed E-state index contributed by atoms with van der Waals surface area (Å²) >= 11 is 1.52. The SMILES string of the molecule is CC(C)NC(=O)c1ccc(-c2csc(Nc3ccccn3)n2)cc1. The van der Waals surface area contributed by atoms with Crippen molar-refractivity contribution in [2.24, 2.45) is 0 Å². The molecule has 0 bridgehead atoms. The highest BCUT2D eigenvalue weighted by molar-refractivity contribution is 7.14. The third-order valence-electron chi connectivity index (χ3n) is 3.27. The van der Waals surface area contributed by atoms with Crippen LogP contribution in [0.15, 0.2) is 54.0 Å². The van der Waals surface area contributed by atoms with Crippen LogP contribution in [0.5, 0.6) is 0 Å². The van der Waals surface area contributed by atoms with E-state index in [1.807, 2.05) is 61.7 Å². The van der Waals surface area contributed by atoms with Gasteiger partial charge >= 0.3 is 0 Å². The second-order valence-corrected chi connectivity index (χ2v) is 6.44. The molecule has 0 spiro atoms. The first-order valence-corrected chi connectivity index (χ1v) is 8.54. The van der Waals surface area contributed by atoms with E-state index >= 15 is 0 Å². The summed E-state index contributed by atoms with van der Waals surface area (Å²) in [6.45, 7) is 3.88. The molecule has 3 rings (SSSR count). The number of hydrogen-bond acceptors (Lipinski definition) is 5. The van der Waals surface area contributed by atoms with Crippen molar-refractivity contribution in [3.8, 4) is 11.3 Å². The summed E-state index contributed by atoms with van der Waals surface area (Å²) in [6.07, 6.45) is 1.73. The first-order valence-electron chi connectivity index (χ1n) is 7.67. The third-order valence-corrected chi connectivity index (χ3v) is 4.02. The molecule has 0 aliphatic rings. The molecule has 0 radical (unpaired) electrons. The maximum atomic E-state index is 12.0. The molecule has 0 fully saturated rings. The molecule has 1 aromatic carbocycles. The normalized spacial score (nSPS) is 10.6. The van der Waals surface area contributed by atoms with Gasteiger partial charge in [0.1, 0.15) is 5.82 Å². The van der Waals surface area contributed by atoms with Crippen LogP contribution in [0.1, 0.15) is 24.2 Å². The van der Waals surface area contributed by atoms with Crippen molar-refractivity contribution < 1.29 is 4.79 Å². The summed E-state index contributed by atoms with van der Waals surface area (Å²) in [5, 5.41) is 8.82. The van der Waals surface area contributed by atoms with E-state index in [1.54, 1.807) is 6.20 Å². The summed E-state index contributed by atoms with van der Waals surface area (Å²) in [5.41, 5.74) is 2.49. The minimum absolute atomic E-state index is 0.0627. The van der Waals surface area contributed by atoms with Crippen molar-refractivity contribution in [2.75, 3.05) is 5.32 Å². The van der Waals surface area contributed by atoms with Crippen LogP contribution < -0.4 is 10.6 Å². The van der Waals surface area contributed by atoms with Gasteiger partial charge in [-0.2, -0.15) is 0 Å². The standard InChI is InChI=1S/C18H18N4OS/c1-12(2)20-17(23)14-8-6-13(7-9-14)15-11-24-18(21-15)22-16-5-3-4-10-19-16/h3-12H,1-2H3,(H,20,23)(H,19,21,22). The molecule has 2 aromatic heterocycles. The fourth-order valence-electron chi connectivity index (χ4n) is 2.15. The van der Waals surface area contributed by atoms with Crippen molar-refractivity contribution in [2.45, 2.75) is 19.9 Å². The molecule has 6 heteroatoms. The lowest BCUT2D eigenvalue weighted by Gasteiger charge is -2.08. The molecule has 3 aromatic rings. The number of hydrogen-bond donors (Lipinski definition) is 2. The van der Waals surface area contributed by atoms with Gasteiger partial charge in [0.15, 0.2) is 5.13 Å². The minimum atomic E-state index is -0.0627. The van der Waals surface area contributed by atoms with E-state index < -0.39 is 0 Å². The molecule has 5 nitrogen and oxygen atoms in total. The molecule has 2 heterocycles. The van der Waals surface area contributed by atoms with Gasteiger partial charge in [0.2, 0.25) is 0 Å². The second-order valence-electron chi connectivity index (χ2n) is 5.58. The summed E-state index contributed by atoms with van der Waals surface area (Å²) in [4.78, 5) is 20.8. The van der Waals surface area contributed by atoms with Crippen molar-refractivity contribution >= 4 is 28.2 Å². The number of carbonyl (C=O) groups is 1. The molecule has 0 saturated heterocycles. The topological polar surface area (TPSA) is 66.9 Å². The molecule has 0 aliphatic carbocycles. The fourth-order valence-corrected chi connectivity index (χ4v) is 2.87. The Hall–Kier alpha value is -2.73. The highest BCUT2D eigenvalue weighted by atomic mass is 32.1. The number of thiazole rings is 1. The van der Waals surface area contributed by atoms with E-state index in [1.165, 1.54) is 11.3 Å². The number of rotatable bonds is 5. The average molecular weight is 338 g/mol. The van der Waals surface area contributed by atoms with E-state index in [0.717, 1.165) is 22.2 Å². The highest BCUT2D eigenvalue weighted by Gasteiger charge is 2.09. The van der Waals surface area contributed by atoms with Gasteiger partial charge in [-0.1, -0.05) is 18.2 Å². The molecule has 0 atom stereocenters. The van der Waals surface area contributed by atoms with Gasteiger partial charge in [0.05, 0.1) is 5.69 Å². The van der Waals surface area contributed by atoms with Gasteiger partial charge in [-0.05, 0) is 38.1 Å². The summed E-state index contributed by atoms with van der Waals surface area (Å²) in [6, 6.07) is 13.3. The van der Waals surface area contributed by atoms with E-state index in [-0.39, 0.29) is 11.9 Å². The Labute approximate surface area is 144 Å². The lowest BCUT2D eigenvalue weighted by molar-refractivity contribution is 0.0943. The Balaban J connectivity index is 1.72. The first kappa shape index (κ1) is 16.1. The smallest absolute Gasteiger partial charge is 0.251 e. The number of benzene rings is 1. The van der Waals surface area contributed by atoms with Crippen LogP contribution >= 0.6 is 11.3 Å². The Morgan fingerprint density at radius 3 is 2.58 bits per heavy atom. The first-order chi connectivity index (χ1) is 11.6. The molecule has 24 heavy (non-hydrogen) atoms. The van der Waals surface area contributed by atoms with Crippen LogP contribution in [-0.4, -0.2) is 21.9 Å². The number of anilines is 2. The molecule has 122 valence electrons. The molecular formula is C18H18N4OS. The zero-order valence-electron chi connectivity index (χ0n) is 13.5. The molecule has 0 aliphatic heterocycles. The monoisotopic (exact) mass is 338 g/mol. The van der Waals surface area contributed by atoms with Crippen LogP contribution in [0.2, 0.25) is 0 Å². The van der Waals surface area contributed by atoms with Gasteiger partial charge in [0, 0.05) is 28.7 Å². The van der Waals surface area contributed by atoms with Gasteiger partial charge in [0.25, 0.3) is 5.91 Å². The Morgan fingerprint density at radius 1 is 1.12 bits per heavy atom. The molecule has 0 saturated carbocycles. The maximum Gasteiger partial charge on any atom is 0.251 e. The highest BCUT2D eigenvalue weighted by Crippen LogP contribution is 2.26. The predicted molar refractivity (Wildman–Crippen MR) is 97.7 cm³/mol. The van der Waals surface area contributed by atoms with Crippen molar-refractivity contribution in [3.05, 3.63) is 59.6 Å². The second kappa shape index (κ2) is 7.23. The quantitative estimate of drug-likeness (QED) is 0.735. The van der Waals surface area contributed by atoms with Gasteiger partial charge in [-0.3, -0.25) is 4.79 Å². The Kier molecular flexibility index (Phi) is 4.86. The van der Waals surface area contributed by atoms with Crippen molar-refractivity contribution in [1.82, 2.24) is 15.3 Å². The predicted octanol–water partition coefficient (Wildman–Crippen LogP) is 4.09. The fraction of sp³-hybridized carbons (Fsp3) is 0.167. The van der Waals surface area contributed by atoms with Crippen LogP contribution in [0.4, 0.5) is 10.9 Å². The van der Waals surface area contributed by atoms with Gasteiger partial charge in [-0.15, -0.1) is 11.3 Å². The van der Waals surface area contributed by atoms with Crippen molar-refractivity contribution in [3.63, 3.8) is 0 Å². The van der Waals surface area contributed by atoms with Crippen LogP contribution in [0, 0.1) is 0 Å². The molecule has 1 amide bonds. The van der Waals surface area contributed by atoms with E-state index in [0.29, 0.717) is 5.56 Å². The van der Waals surface area contributed by atoms with Gasteiger partial charge < -0.3 is 10.6 Å². The van der Waals surface area contributed by atoms with E-state index in [2.05, 4.69) is 20.6 Å². The van der Waals surface area contributed by atoms with Crippen molar-refractivity contribution in [1.29, 1.82) is 0 Å². The number of amides is 1. The zero-order valence-corrected chi connectivity index (χ0v) is 14.3. The number of nitrogens with one attached hydrogen (secondary N) is 2. The number of nitrogens with zero attached hydrogens (tertiary/aromatic N) is 2. The Bertz CT molecular complexity index is 813. The third kappa shape index (κ3) is 3.97. The van der Waals surface area contributed by atoms with Crippen LogP contribution in [-0.2, 0) is 0 Å². The van der Waals surface area contributed by atoms with Gasteiger partial charge in [-0.25, -0.2) is 9.97 Å². The molecule has 0 unspecified atom stereocenters. The number of aromatic nitrogens is 2. The lowest BCUT2D eigenvalue weighted by atomic mass is 10.1. The molecule has 2 N–H and O–H groups in total. The summed E-state index contributed by atoms with van der Waals surface area (Å²) in [7, 11) is 0. The zero-order chi connectivity index (χ0) is 16.9. The van der Waals surface area contributed by atoms with E-state index in [4.69, 9.17) is 0 Å². The minimum Gasteiger partial charge on any atom is -0.350 e. The average Bonchev–Trinajstić information content (AvgIpc) is 3.04. The maximum absolute atomic E-state index is 12.0. The summed E-state index contributed by atoms with van der Waals surface area (Å²) in [5.74, 6) is 0.700. The largest absolute Gasteiger partial charge is 0.350 e. The number of carbonyl (C=O) groups excluding carboxylic acids is 1.